The van der Waals surface area contributed by atoms with Crippen molar-refractivity contribution in [1.29, 1.82) is 0 Å². The smallest absolute Gasteiger partial charge is 0.303 e. The summed E-state index contributed by atoms with van der Waals surface area (Å²) in [5, 5.41) is 9.96. The molecule has 5 rings (SSSR count). The van der Waals surface area contributed by atoms with E-state index in [4.69, 9.17) is 10.1 Å². The first kappa shape index (κ1) is 24.9. The summed E-state index contributed by atoms with van der Waals surface area (Å²) in [7, 11) is 0. The average molecular weight is 495 g/mol. The van der Waals surface area contributed by atoms with Gasteiger partial charge in [-0.05, 0) is 80.2 Å². The average Bonchev–Trinajstić information content (AvgIpc) is 2.95. The number of likely N-dealkylation sites (tertiary alicyclic amines) is 1. The third kappa shape index (κ3) is 5.99. The molecular weight excluding hydrogens is 460 g/mol. The molecule has 2 heterocycles. The number of rotatable bonds is 8. The number of carbonyl (C=O) groups excluding carboxylic acids is 1. The highest BCUT2D eigenvalue weighted by Gasteiger charge is 2.29. The van der Waals surface area contributed by atoms with E-state index in [1.54, 1.807) is 0 Å². The number of aryl methyl sites for hydroxylation is 1. The van der Waals surface area contributed by atoms with E-state index in [-0.39, 0.29) is 12.3 Å². The highest BCUT2D eigenvalue weighted by atomic mass is 16.4. The number of pyridine rings is 1. The molecule has 190 valence electrons. The van der Waals surface area contributed by atoms with E-state index in [2.05, 4.69) is 42.5 Å². The van der Waals surface area contributed by atoms with Crippen LogP contribution < -0.4 is 0 Å². The Labute approximate surface area is 218 Å². The molecule has 0 bridgehead atoms. The van der Waals surface area contributed by atoms with Crippen LogP contribution >= 0.6 is 0 Å². The first-order chi connectivity index (χ1) is 18.1. The fraction of sp³-hybridized carbons (Fsp3) is 0.344. The number of nitrogens with zero attached hydrogens (tertiary/aromatic N) is 2. The number of hydrogen-bond donors (Lipinski definition) is 1. The number of piperidine rings is 1. The van der Waals surface area contributed by atoms with Gasteiger partial charge in [-0.2, -0.15) is 0 Å². The van der Waals surface area contributed by atoms with Crippen molar-refractivity contribution in [3.05, 3.63) is 90.0 Å². The van der Waals surface area contributed by atoms with Crippen LogP contribution in [0.3, 0.4) is 0 Å². The van der Waals surface area contributed by atoms with E-state index in [0.717, 1.165) is 66.5 Å². The van der Waals surface area contributed by atoms with Crippen molar-refractivity contribution in [3.63, 3.8) is 0 Å². The number of carboxylic acid groups (broad SMARTS) is 1. The van der Waals surface area contributed by atoms with Gasteiger partial charge in [0.2, 0.25) is 0 Å². The summed E-state index contributed by atoms with van der Waals surface area (Å²) in [6, 6.07) is 18.1. The predicted octanol–water partition coefficient (Wildman–Crippen LogP) is 6.68. The Morgan fingerprint density at radius 2 is 1.89 bits per heavy atom. The molecule has 1 saturated heterocycles. The van der Waals surface area contributed by atoms with E-state index in [9.17, 15) is 9.59 Å². The quantitative estimate of drug-likeness (QED) is 0.355. The molecule has 1 N–H and O–H groups in total. The van der Waals surface area contributed by atoms with Gasteiger partial charge in [0.15, 0.2) is 0 Å². The Morgan fingerprint density at radius 1 is 1.03 bits per heavy atom. The summed E-state index contributed by atoms with van der Waals surface area (Å²) < 4.78 is 0. The summed E-state index contributed by atoms with van der Waals surface area (Å²) in [5.41, 5.74) is 4.63. The standard InChI is InChI=1S/C32H34N2O3/c35-30(36)16-8-7-14-25-20-28-21-26(17-18-29(28)33-31(25)24-12-5-2-6-13-24)32(37)34-19-9-15-27(22-34)23-10-3-1-4-11-23/h1-6,10,12-13,17-18,20-21,23,27H,7-9,11,14-16,19,22H2,(H,35,36)/t23?,27-/m0/s1. The van der Waals surface area contributed by atoms with Gasteiger partial charge < -0.3 is 10.0 Å². The maximum Gasteiger partial charge on any atom is 0.303 e. The minimum absolute atomic E-state index is 0.0945. The minimum Gasteiger partial charge on any atom is -0.481 e. The van der Waals surface area contributed by atoms with E-state index >= 15 is 0 Å². The van der Waals surface area contributed by atoms with Crippen LogP contribution in [0.2, 0.25) is 0 Å². The third-order valence-electron chi connectivity index (χ3n) is 7.64. The van der Waals surface area contributed by atoms with Crippen LogP contribution in [-0.4, -0.2) is 40.0 Å². The van der Waals surface area contributed by atoms with Crippen LogP contribution in [0.15, 0.2) is 78.9 Å². The molecule has 5 heteroatoms. The van der Waals surface area contributed by atoms with Gasteiger partial charge in [-0.1, -0.05) is 54.6 Å². The largest absolute Gasteiger partial charge is 0.481 e. The Kier molecular flexibility index (Phi) is 7.79. The van der Waals surface area contributed by atoms with Gasteiger partial charge in [-0.25, -0.2) is 4.98 Å². The number of amides is 1. The number of carbonyl (C=O) groups is 2. The molecule has 2 atom stereocenters. The van der Waals surface area contributed by atoms with Crippen LogP contribution in [0.25, 0.3) is 22.2 Å². The first-order valence-corrected chi connectivity index (χ1v) is 13.4. The third-order valence-corrected chi connectivity index (χ3v) is 7.64. The molecule has 1 fully saturated rings. The van der Waals surface area contributed by atoms with E-state index in [1.807, 2.05) is 41.3 Å². The zero-order valence-corrected chi connectivity index (χ0v) is 21.2. The van der Waals surface area contributed by atoms with Crippen molar-refractivity contribution in [1.82, 2.24) is 9.88 Å². The topological polar surface area (TPSA) is 70.5 Å². The molecule has 5 nitrogen and oxygen atoms in total. The van der Waals surface area contributed by atoms with Gasteiger partial charge >= 0.3 is 5.97 Å². The number of aromatic nitrogens is 1. The van der Waals surface area contributed by atoms with Crippen LogP contribution in [-0.2, 0) is 11.2 Å². The molecule has 2 aliphatic rings. The molecule has 0 saturated carbocycles. The summed E-state index contributed by atoms with van der Waals surface area (Å²) >= 11 is 0. The molecule has 1 aromatic heterocycles. The molecule has 1 aliphatic heterocycles. The highest BCUT2D eigenvalue weighted by molar-refractivity contribution is 5.98. The van der Waals surface area contributed by atoms with Gasteiger partial charge in [-0.3, -0.25) is 9.59 Å². The van der Waals surface area contributed by atoms with Crippen molar-refractivity contribution in [2.45, 2.75) is 44.9 Å². The second-order valence-corrected chi connectivity index (χ2v) is 10.2. The molecule has 2 aromatic carbocycles. The van der Waals surface area contributed by atoms with Crippen LogP contribution in [0.4, 0.5) is 0 Å². The van der Waals surface area contributed by atoms with Gasteiger partial charge in [-0.15, -0.1) is 0 Å². The Balaban J connectivity index is 1.39. The highest BCUT2D eigenvalue weighted by Crippen LogP contribution is 2.31. The van der Waals surface area contributed by atoms with E-state index in [1.165, 1.54) is 6.42 Å². The number of hydrogen-bond acceptors (Lipinski definition) is 3. The van der Waals surface area contributed by atoms with Crippen LogP contribution in [0.1, 0.15) is 54.4 Å². The maximum atomic E-state index is 13.5. The fourth-order valence-electron chi connectivity index (χ4n) is 5.66. The van der Waals surface area contributed by atoms with Crippen molar-refractivity contribution >= 4 is 22.8 Å². The van der Waals surface area contributed by atoms with Gasteiger partial charge in [0.05, 0.1) is 11.2 Å². The number of fused-ring (bicyclic) bond motifs is 1. The summed E-state index contributed by atoms with van der Waals surface area (Å²) in [6.45, 7) is 1.61. The Bertz CT molecular complexity index is 1330. The number of carboxylic acids is 1. The normalized spacial score (nSPS) is 19.3. The molecule has 37 heavy (non-hydrogen) atoms. The molecular formula is C32H34N2O3. The maximum absolute atomic E-state index is 13.5. The predicted molar refractivity (Wildman–Crippen MR) is 147 cm³/mol. The monoisotopic (exact) mass is 494 g/mol. The van der Waals surface area contributed by atoms with Crippen molar-refractivity contribution in [3.8, 4) is 11.3 Å². The van der Waals surface area contributed by atoms with Crippen molar-refractivity contribution in [2.75, 3.05) is 13.1 Å². The summed E-state index contributed by atoms with van der Waals surface area (Å²) in [5.74, 6) is 0.351. The lowest BCUT2D eigenvalue weighted by Gasteiger charge is -2.36. The van der Waals surface area contributed by atoms with Crippen molar-refractivity contribution < 1.29 is 14.7 Å². The molecule has 1 aliphatic carbocycles. The molecule has 0 radical (unpaired) electrons. The lowest BCUT2D eigenvalue weighted by Crippen LogP contribution is -2.42. The van der Waals surface area contributed by atoms with Crippen LogP contribution in [0.5, 0.6) is 0 Å². The van der Waals surface area contributed by atoms with Crippen molar-refractivity contribution in [2.24, 2.45) is 11.8 Å². The van der Waals surface area contributed by atoms with Gasteiger partial charge in [0.1, 0.15) is 0 Å². The zero-order chi connectivity index (χ0) is 25.6. The fourth-order valence-corrected chi connectivity index (χ4v) is 5.66. The van der Waals surface area contributed by atoms with E-state index in [0.29, 0.717) is 23.8 Å². The minimum atomic E-state index is -0.765. The molecule has 0 spiro atoms. The number of allylic oxidation sites excluding steroid dienone is 4. The molecule has 1 amide bonds. The summed E-state index contributed by atoms with van der Waals surface area (Å²) in [4.78, 5) is 31.5. The van der Waals surface area contributed by atoms with Crippen LogP contribution in [0, 0.1) is 11.8 Å². The lowest BCUT2D eigenvalue weighted by molar-refractivity contribution is -0.137. The van der Waals surface area contributed by atoms with E-state index < -0.39 is 5.97 Å². The first-order valence-electron chi connectivity index (χ1n) is 13.4. The number of aliphatic carboxylic acids is 1. The second-order valence-electron chi connectivity index (χ2n) is 10.2. The number of benzene rings is 2. The van der Waals surface area contributed by atoms with Gasteiger partial charge in [0, 0.05) is 36.0 Å². The second kappa shape index (κ2) is 11.5. The zero-order valence-electron chi connectivity index (χ0n) is 21.2. The SMILES string of the molecule is O=C(O)CCCCc1cc2cc(C(=O)N3CCC[C@H](C4C=CC=CC4)C3)ccc2nc1-c1ccccc1. The summed E-state index contributed by atoms with van der Waals surface area (Å²) in [6.07, 6.45) is 14.3. The molecule has 3 aromatic rings. The Hall–Kier alpha value is -3.73. The number of unbranched alkanes of at least 4 members (excludes halogenated alkanes) is 1. The Morgan fingerprint density at radius 3 is 2.68 bits per heavy atom. The molecule has 1 unspecified atom stereocenters. The lowest BCUT2D eigenvalue weighted by atomic mass is 9.81. The van der Waals surface area contributed by atoms with Gasteiger partial charge in [0.25, 0.3) is 5.91 Å².